The molecule has 0 aliphatic heterocycles. The summed E-state index contributed by atoms with van der Waals surface area (Å²) in [6.07, 6.45) is 11.2. The van der Waals surface area contributed by atoms with Crippen molar-refractivity contribution >= 4 is 11.3 Å². The molecule has 0 atom stereocenters. The van der Waals surface area contributed by atoms with Gasteiger partial charge in [-0.2, -0.15) is 0 Å². The lowest BCUT2D eigenvalue weighted by molar-refractivity contribution is -0.000409. The second-order valence-corrected chi connectivity index (χ2v) is 10.8. The van der Waals surface area contributed by atoms with E-state index in [0.717, 1.165) is 30.8 Å². The maximum atomic E-state index is 5.55. The van der Waals surface area contributed by atoms with Gasteiger partial charge in [0.05, 0.1) is 5.54 Å². The number of benzene rings is 1. The number of rotatable bonds is 6. The Balaban J connectivity index is 1.25. The van der Waals surface area contributed by atoms with Crippen LogP contribution in [-0.4, -0.2) is 10.1 Å². The molecule has 4 heteroatoms. The third kappa shape index (κ3) is 3.29. The van der Waals surface area contributed by atoms with Crippen LogP contribution < -0.4 is 10.1 Å². The van der Waals surface area contributed by atoms with Gasteiger partial charge in [-0.3, -0.25) is 4.99 Å². The maximum Gasteiger partial charge on any atom is 0.185 e. The number of nitrogens with one attached hydrogen (secondary N) is 1. The molecular formula is C24H31N3S. The fraction of sp³-hybridized carbons (Fsp3) is 0.625. The molecular weight excluding hydrogens is 362 g/mol. The number of hydrogen-bond donors (Lipinski definition) is 1. The lowest BCUT2D eigenvalue weighted by Gasteiger charge is -2.54. The van der Waals surface area contributed by atoms with Gasteiger partial charge in [-0.25, -0.2) is 0 Å². The summed E-state index contributed by atoms with van der Waals surface area (Å²) in [5, 5.41) is 6.03. The van der Waals surface area contributed by atoms with Gasteiger partial charge in [-0.1, -0.05) is 30.3 Å². The molecule has 5 fully saturated rings. The average Bonchev–Trinajstić information content (AvgIpc) is 3.43. The lowest BCUT2D eigenvalue weighted by atomic mass is 9.53. The first-order valence-electron chi connectivity index (χ1n) is 11.3. The number of hydrogen-bond acceptors (Lipinski definition) is 3. The van der Waals surface area contributed by atoms with Crippen LogP contribution in [0.1, 0.15) is 68.7 Å². The standard InChI is InChI=1S/C24H31N3S/c1-2-4-17(5-3-1)14-25-15-22-16-28-23(27(22)21-6-7-21)26-24-11-18-8-19(12-24)10-20(9-18)13-24/h1-5,16,18-21,25H,6-15H2. The van der Waals surface area contributed by atoms with Crippen molar-refractivity contribution < 1.29 is 0 Å². The average molecular weight is 394 g/mol. The first-order valence-corrected chi connectivity index (χ1v) is 12.1. The van der Waals surface area contributed by atoms with Crippen molar-refractivity contribution in [2.45, 2.75) is 76.0 Å². The van der Waals surface area contributed by atoms with E-state index in [2.05, 4.69) is 45.6 Å². The molecule has 1 aromatic carbocycles. The summed E-state index contributed by atoms with van der Waals surface area (Å²) >= 11 is 1.90. The van der Waals surface area contributed by atoms with Crippen molar-refractivity contribution in [3.8, 4) is 0 Å². The number of nitrogens with zero attached hydrogens (tertiary/aromatic N) is 2. The smallest absolute Gasteiger partial charge is 0.185 e. The van der Waals surface area contributed by atoms with Crippen molar-refractivity contribution in [1.82, 2.24) is 9.88 Å². The molecule has 0 amide bonds. The van der Waals surface area contributed by atoms with Crippen LogP contribution >= 0.6 is 11.3 Å². The molecule has 0 spiro atoms. The highest BCUT2D eigenvalue weighted by atomic mass is 32.1. The van der Waals surface area contributed by atoms with E-state index in [1.165, 1.54) is 67.4 Å². The predicted octanol–water partition coefficient (Wildman–Crippen LogP) is 5.04. The number of aromatic nitrogens is 1. The molecule has 1 aromatic heterocycles. The highest BCUT2D eigenvalue weighted by molar-refractivity contribution is 7.07. The summed E-state index contributed by atoms with van der Waals surface area (Å²) in [6.45, 7) is 1.88. The molecule has 148 valence electrons. The van der Waals surface area contributed by atoms with Gasteiger partial charge in [-0.15, -0.1) is 11.3 Å². The first kappa shape index (κ1) is 17.5. The molecule has 0 radical (unpaired) electrons. The van der Waals surface area contributed by atoms with E-state index in [4.69, 9.17) is 4.99 Å². The predicted molar refractivity (Wildman–Crippen MR) is 114 cm³/mol. The van der Waals surface area contributed by atoms with E-state index in [1.807, 2.05) is 11.3 Å². The third-order valence-electron chi connectivity index (χ3n) is 7.54. The van der Waals surface area contributed by atoms with Crippen molar-refractivity contribution in [1.29, 1.82) is 0 Å². The van der Waals surface area contributed by atoms with Crippen LogP contribution in [0.2, 0.25) is 0 Å². The van der Waals surface area contributed by atoms with Crippen LogP contribution in [0.15, 0.2) is 40.7 Å². The largest absolute Gasteiger partial charge is 0.317 e. The fourth-order valence-corrected chi connectivity index (χ4v) is 7.69. The van der Waals surface area contributed by atoms with E-state index in [-0.39, 0.29) is 5.54 Å². The molecule has 1 N–H and O–H groups in total. The van der Waals surface area contributed by atoms with Crippen molar-refractivity contribution in [3.63, 3.8) is 0 Å². The van der Waals surface area contributed by atoms with Crippen LogP contribution in [0.25, 0.3) is 0 Å². The Bertz CT molecular complexity index is 870. The van der Waals surface area contributed by atoms with Crippen molar-refractivity contribution in [3.05, 3.63) is 51.8 Å². The van der Waals surface area contributed by atoms with Crippen LogP contribution in [0.5, 0.6) is 0 Å². The monoisotopic (exact) mass is 393 g/mol. The zero-order valence-corrected chi connectivity index (χ0v) is 17.5. The van der Waals surface area contributed by atoms with Gasteiger partial charge in [0.15, 0.2) is 4.80 Å². The van der Waals surface area contributed by atoms with Crippen molar-refractivity contribution in [2.24, 2.45) is 22.7 Å². The summed E-state index contributed by atoms with van der Waals surface area (Å²) in [6, 6.07) is 11.4. The van der Waals surface area contributed by atoms with Gasteiger partial charge >= 0.3 is 0 Å². The highest BCUT2D eigenvalue weighted by Crippen LogP contribution is 2.57. The topological polar surface area (TPSA) is 29.3 Å². The van der Waals surface area contributed by atoms with Gasteiger partial charge in [0.1, 0.15) is 0 Å². The summed E-state index contributed by atoms with van der Waals surface area (Å²) in [5.74, 6) is 2.91. The van der Waals surface area contributed by atoms with Gasteiger partial charge in [0.2, 0.25) is 0 Å². The second-order valence-electron chi connectivity index (χ2n) is 9.95. The minimum absolute atomic E-state index is 0.283. The quantitative estimate of drug-likeness (QED) is 0.732. The molecule has 0 saturated heterocycles. The highest BCUT2D eigenvalue weighted by Gasteiger charge is 2.51. The van der Waals surface area contributed by atoms with Crippen LogP contribution in [0.4, 0.5) is 0 Å². The second kappa shape index (κ2) is 6.84. The molecule has 7 rings (SSSR count). The zero-order chi connectivity index (χ0) is 18.6. The summed E-state index contributed by atoms with van der Waals surface area (Å²) in [4.78, 5) is 6.87. The van der Waals surface area contributed by atoms with Crippen molar-refractivity contribution in [2.75, 3.05) is 0 Å². The Kier molecular flexibility index (Phi) is 4.27. The van der Waals surface area contributed by atoms with E-state index in [1.54, 1.807) is 0 Å². The molecule has 5 aliphatic rings. The molecule has 0 unspecified atom stereocenters. The minimum atomic E-state index is 0.283. The third-order valence-corrected chi connectivity index (χ3v) is 8.43. The summed E-state index contributed by atoms with van der Waals surface area (Å²) in [7, 11) is 0. The lowest BCUT2D eigenvalue weighted by Crippen LogP contribution is -2.50. The first-order chi connectivity index (χ1) is 13.8. The Morgan fingerprint density at radius 1 is 0.964 bits per heavy atom. The van der Waals surface area contributed by atoms with Crippen LogP contribution in [-0.2, 0) is 13.1 Å². The fourth-order valence-electron chi connectivity index (χ4n) is 6.62. The van der Waals surface area contributed by atoms with E-state index < -0.39 is 0 Å². The number of thiazole rings is 1. The molecule has 5 aliphatic carbocycles. The minimum Gasteiger partial charge on any atom is -0.317 e. The zero-order valence-electron chi connectivity index (χ0n) is 16.6. The molecule has 3 nitrogen and oxygen atoms in total. The van der Waals surface area contributed by atoms with Gasteiger partial charge < -0.3 is 9.88 Å². The molecule has 2 aromatic rings. The van der Waals surface area contributed by atoms with Gasteiger partial charge in [-0.05, 0) is 74.7 Å². The molecule has 4 bridgehead atoms. The SMILES string of the molecule is c1ccc(CNCc2csc(=NC34CC5CC(CC(C5)C3)C4)n2C2CC2)cc1. The molecule has 5 saturated carbocycles. The van der Waals surface area contributed by atoms with E-state index in [9.17, 15) is 0 Å². The van der Waals surface area contributed by atoms with Crippen LogP contribution in [0, 0.1) is 17.8 Å². The van der Waals surface area contributed by atoms with Crippen LogP contribution in [0.3, 0.4) is 0 Å². The van der Waals surface area contributed by atoms with Gasteiger partial charge in [0.25, 0.3) is 0 Å². The van der Waals surface area contributed by atoms with Gasteiger partial charge in [0, 0.05) is 30.2 Å². The Morgan fingerprint density at radius 3 is 2.29 bits per heavy atom. The Labute approximate surface area is 171 Å². The summed E-state index contributed by atoms with van der Waals surface area (Å²) < 4.78 is 2.60. The summed E-state index contributed by atoms with van der Waals surface area (Å²) in [5.41, 5.74) is 3.08. The normalized spacial score (nSPS) is 34.3. The van der Waals surface area contributed by atoms with E-state index >= 15 is 0 Å². The Morgan fingerprint density at radius 2 is 1.64 bits per heavy atom. The molecule has 28 heavy (non-hydrogen) atoms. The molecule has 1 heterocycles. The van der Waals surface area contributed by atoms with E-state index in [0.29, 0.717) is 6.04 Å². The maximum absolute atomic E-state index is 5.55. The Hall–Kier alpha value is -1.39.